The zero-order chi connectivity index (χ0) is 37.1. The molecule has 0 N–H and O–H groups in total. The SMILES string of the molecule is CC1(C)c2ccc3ccccc3c2-c2c1c(-c1ccc(-c3c4ccccc4c(-c4cccc5ccccc45)c4ccccc34)cc1)cc1c2oc2ccccc21. The van der Waals surface area contributed by atoms with Gasteiger partial charge in [-0.2, -0.15) is 0 Å². The second-order valence-electron chi connectivity index (χ2n) is 15.9. The van der Waals surface area contributed by atoms with Crippen LogP contribution in [0.15, 0.2) is 186 Å². The van der Waals surface area contributed by atoms with Gasteiger partial charge in [0, 0.05) is 21.8 Å². The lowest BCUT2D eigenvalue weighted by Gasteiger charge is -2.25. The topological polar surface area (TPSA) is 13.1 Å². The molecule has 11 aromatic rings. The fourth-order valence-corrected chi connectivity index (χ4v) is 10.2. The Morgan fingerprint density at radius 3 is 1.59 bits per heavy atom. The Bertz CT molecular complexity index is 3370. The van der Waals surface area contributed by atoms with E-state index in [9.17, 15) is 0 Å². The van der Waals surface area contributed by atoms with Gasteiger partial charge in [0.25, 0.3) is 0 Å². The highest BCUT2D eigenvalue weighted by molar-refractivity contribution is 6.24. The molecule has 1 aliphatic carbocycles. The van der Waals surface area contributed by atoms with Crippen molar-refractivity contribution in [3.8, 4) is 44.5 Å². The van der Waals surface area contributed by atoms with Gasteiger partial charge in [-0.25, -0.2) is 0 Å². The summed E-state index contributed by atoms with van der Waals surface area (Å²) in [4.78, 5) is 0. The van der Waals surface area contributed by atoms with E-state index in [-0.39, 0.29) is 5.41 Å². The highest BCUT2D eigenvalue weighted by Gasteiger charge is 2.41. The zero-order valence-electron chi connectivity index (χ0n) is 31.2. The molecular formula is C55H36O. The van der Waals surface area contributed by atoms with Gasteiger partial charge in [-0.1, -0.05) is 184 Å². The van der Waals surface area contributed by atoms with Crippen molar-refractivity contribution in [2.45, 2.75) is 19.3 Å². The molecule has 0 atom stereocenters. The summed E-state index contributed by atoms with van der Waals surface area (Å²) in [7, 11) is 0. The molecule has 0 radical (unpaired) electrons. The van der Waals surface area contributed by atoms with Gasteiger partial charge in [-0.05, 0) is 105 Å². The summed E-state index contributed by atoms with van der Waals surface area (Å²) in [5.41, 5.74) is 14.4. The zero-order valence-corrected chi connectivity index (χ0v) is 31.2. The van der Waals surface area contributed by atoms with Gasteiger partial charge in [0.1, 0.15) is 11.2 Å². The summed E-state index contributed by atoms with van der Waals surface area (Å²) >= 11 is 0. The van der Waals surface area contributed by atoms with Crippen LogP contribution in [0.5, 0.6) is 0 Å². The van der Waals surface area contributed by atoms with E-state index in [1.54, 1.807) is 0 Å². The monoisotopic (exact) mass is 712 g/mol. The first kappa shape index (κ1) is 31.4. The normalized spacial score (nSPS) is 13.3. The maximum atomic E-state index is 6.81. The second kappa shape index (κ2) is 11.5. The van der Waals surface area contributed by atoms with Crippen LogP contribution in [0, 0.1) is 0 Å². The maximum absolute atomic E-state index is 6.81. The molecule has 262 valence electrons. The molecule has 12 rings (SSSR count). The molecule has 0 unspecified atom stereocenters. The number of para-hydroxylation sites is 1. The van der Waals surface area contributed by atoms with Gasteiger partial charge >= 0.3 is 0 Å². The first-order valence-electron chi connectivity index (χ1n) is 19.6. The van der Waals surface area contributed by atoms with Gasteiger partial charge in [0.05, 0.1) is 0 Å². The number of furan rings is 1. The number of fused-ring (bicyclic) bond motifs is 12. The van der Waals surface area contributed by atoms with Gasteiger partial charge in [-0.15, -0.1) is 0 Å². The van der Waals surface area contributed by atoms with E-state index in [1.807, 2.05) is 0 Å². The minimum Gasteiger partial charge on any atom is -0.455 e. The van der Waals surface area contributed by atoms with Crippen molar-refractivity contribution >= 4 is 65.0 Å². The molecule has 0 saturated carbocycles. The van der Waals surface area contributed by atoms with Crippen LogP contribution >= 0.6 is 0 Å². The molecule has 0 fully saturated rings. The third kappa shape index (κ3) is 4.26. The molecular weight excluding hydrogens is 677 g/mol. The van der Waals surface area contributed by atoms with Crippen LogP contribution in [0.1, 0.15) is 25.0 Å². The molecule has 1 heterocycles. The molecule has 0 aliphatic heterocycles. The lowest BCUT2D eigenvalue weighted by Crippen LogP contribution is -2.16. The van der Waals surface area contributed by atoms with E-state index in [0.717, 1.165) is 21.9 Å². The van der Waals surface area contributed by atoms with E-state index in [1.165, 1.54) is 98.7 Å². The maximum Gasteiger partial charge on any atom is 0.143 e. The fraction of sp³-hybridized carbons (Fsp3) is 0.0545. The Kier molecular flexibility index (Phi) is 6.46. The third-order valence-electron chi connectivity index (χ3n) is 12.6. The average molecular weight is 713 g/mol. The Labute approximate surface area is 325 Å². The molecule has 0 saturated heterocycles. The van der Waals surface area contributed by atoms with Crippen LogP contribution in [0.25, 0.3) is 110 Å². The summed E-state index contributed by atoms with van der Waals surface area (Å²) in [6.07, 6.45) is 0. The molecule has 56 heavy (non-hydrogen) atoms. The standard InChI is InChI=1S/C55H36O/c1-55(2)47-31-30-34-15-4-6-18-38(34)51(47)52-53(55)45(32-46-39-19-11-12-25-48(39)56-54(46)52)35-26-28-36(29-27-35)49-41-20-7-9-22-43(41)50(44-23-10-8-21-42(44)49)40-24-13-16-33-14-3-5-17-37(33)40/h3-32H,1-2H3. The van der Waals surface area contributed by atoms with Crippen LogP contribution in [0.2, 0.25) is 0 Å². The molecule has 10 aromatic carbocycles. The predicted octanol–water partition coefficient (Wildman–Crippen LogP) is 15.5. The largest absolute Gasteiger partial charge is 0.455 e. The van der Waals surface area contributed by atoms with E-state index < -0.39 is 0 Å². The summed E-state index contributed by atoms with van der Waals surface area (Å²) in [6, 6.07) is 67.0. The van der Waals surface area contributed by atoms with Crippen molar-refractivity contribution < 1.29 is 4.42 Å². The van der Waals surface area contributed by atoms with Crippen molar-refractivity contribution in [3.63, 3.8) is 0 Å². The number of rotatable bonds is 3. The van der Waals surface area contributed by atoms with Crippen LogP contribution in [0.3, 0.4) is 0 Å². The lowest BCUT2D eigenvalue weighted by atomic mass is 9.78. The minimum atomic E-state index is -0.236. The van der Waals surface area contributed by atoms with Crippen LogP contribution in [0.4, 0.5) is 0 Å². The van der Waals surface area contributed by atoms with Crippen LogP contribution < -0.4 is 0 Å². The Balaban J connectivity index is 1.11. The van der Waals surface area contributed by atoms with Crippen molar-refractivity contribution in [3.05, 3.63) is 193 Å². The number of hydrogen-bond acceptors (Lipinski definition) is 1. The Morgan fingerprint density at radius 1 is 0.357 bits per heavy atom. The van der Waals surface area contributed by atoms with Gasteiger partial charge < -0.3 is 4.42 Å². The first-order valence-corrected chi connectivity index (χ1v) is 19.6. The molecule has 0 amide bonds. The first-order chi connectivity index (χ1) is 27.6. The van der Waals surface area contributed by atoms with Crippen LogP contribution in [-0.2, 0) is 5.41 Å². The van der Waals surface area contributed by atoms with Crippen molar-refractivity contribution in [2.75, 3.05) is 0 Å². The van der Waals surface area contributed by atoms with Gasteiger partial charge in [0.2, 0.25) is 0 Å². The Hall–Kier alpha value is -6.96. The third-order valence-corrected chi connectivity index (χ3v) is 12.6. The van der Waals surface area contributed by atoms with Gasteiger partial charge in [-0.3, -0.25) is 0 Å². The predicted molar refractivity (Wildman–Crippen MR) is 238 cm³/mol. The van der Waals surface area contributed by atoms with E-state index in [0.29, 0.717) is 0 Å². The average Bonchev–Trinajstić information content (AvgIpc) is 3.74. The summed E-state index contributed by atoms with van der Waals surface area (Å²) < 4.78 is 6.81. The van der Waals surface area contributed by atoms with E-state index >= 15 is 0 Å². The van der Waals surface area contributed by atoms with E-state index in [4.69, 9.17) is 4.42 Å². The van der Waals surface area contributed by atoms with Crippen molar-refractivity contribution in [1.29, 1.82) is 0 Å². The number of hydrogen-bond donors (Lipinski definition) is 0. The minimum absolute atomic E-state index is 0.236. The van der Waals surface area contributed by atoms with Crippen molar-refractivity contribution in [2.24, 2.45) is 0 Å². The van der Waals surface area contributed by atoms with Gasteiger partial charge in [0.15, 0.2) is 0 Å². The quantitative estimate of drug-likeness (QED) is 0.166. The molecule has 0 spiro atoms. The summed E-state index contributed by atoms with van der Waals surface area (Å²) in [5.74, 6) is 0. The smallest absolute Gasteiger partial charge is 0.143 e. The molecule has 1 aromatic heterocycles. The highest BCUT2D eigenvalue weighted by atomic mass is 16.3. The molecule has 0 bridgehead atoms. The summed E-state index contributed by atoms with van der Waals surface area (Å²) in [6.45, 7) is 4.77. The summed E-state index contributed by atoms with van der Waals surface area (Å²) in [5, 5.41) is 12.4. The fourth-order valence-electron chi connectivity index (χ4n) is 10.2. The number of benzene rings is 10. The van der Waals surface area contributed by atoms with E-state index in [2.05, 4.69) is 196 Å². The molecule has 1 heteroatoms. The highest BCUT2D eigenvalue weighted by Crippen LogP contribution is 2.58. The molecule has 1 aliphatic rings. The molecule has 1 nitrogen and oxygen atoms in total. The van der Waals surface area contributed by atoms with Crippen LogP contribution in [-0.4, -0.2) is 0 Å². The lowest BCUT2D eigenvalue weighted by molar-refractivity contribution is 0.654. The van der Waals surface area contributed by atoms with Crippen molar-refractivity contribution in [1.82, 2.24) is 0 Å². The second-order valence-corrected chi connectivity index (χ2v) is 15.9. The Morgan fingerprint density at radius 2 is 0.893 bits per heavy atom.